The fraction of sp³-hybridized carbons (Fsp3) is 0.429. The van der Waals surface area contributed by atoms with Crippen molar-refractivity contribution in [1.82, 2.24) is 5.32 Å². The Morgan fingerprint density at radius 3 is 2.45 bits per heavy atom. The molecule has 110 valence electrons. The quantitative estimate of drug-likeness (QED) is 0.775. The van der Waals surface area contributed by atoms with Gasteiger partial charge in [0, 0.05) is 9.99 Å². The molecule has 1 amide bonds. The van der Waals surface area contributed by atoms with E-state index in [1.54, 1.807) is 20.8 Å². The highest BCUT2D eigenvalue weighted by Crippen LogP contribution is 2.14. The summed E-state index contributed by atoms with van der Waals surface area (Å²) >= 11 is 2.14. The molecular weight excluding hydrogens is 373 g/mol. The molecular formula is C14H18INO4. The van der Waals surface area contributed by atoms with Gasteiger partial charge in [0.1, 0.15) is 11.6 Å². The van der Waals surface area contributed by atoms with E-state index >= 15 is 0 Å². The van der Waals surface area contributed by atoms with E-state index in [-0.39, 0.29) is 6.42 Å². The van der Waals surface area contributed by atoms with Gasteiger partial charge < -0.3 is 15.2 Å². The van der Waals surface area contributed by atoms with Crippen molar-refractivity contribution >= 4 is 34.7 Å². The number of benzene rings is 1. The maximum absolute atomic E-state index is 11.7. The number of carboxylic acids is 1. The van der Waals surface area contributed by atoms with E-state index in [0.29, 0.717) is 0 Å². The Kier molecular flexibility index (Phi) is 5.79. The number of alkyl carbamates (subject to hydrolysis) is 1. The standard InChI is InChI=1S/C14H18INO4/c1-14(2,3)20-13(19)16-11(12(17)18)8-9-6-4-5-7-10(9)15/h4-7,11H,8H2,1-3H3,(H,16,19)(H,17,18)/t11-/m1/s1. The summed E-state index contributed by atoms with van der Waals surface area (Å²) in [6.07, 6.45) is -0.510. The van der Waals surface area contributed by atoms with Crippen molar-refractivity contribution in [3.05, 3.63) is 33.4 Å². The minimum atomic E-state index is -1.09. The lowest BCUT2D eigenvalue weighted by Crippen LogP contribution is -2.44. The minimum Gasteiger partial charge on any atom is -0.480 e. The predicted molar refractivity (Wildman–Crippen MR) is 83.7 cm³/mol. The molecule has 1 aromatic rings. The molecule has 0 heterocycles. The SMILES string of the molecule is CC(C)(C)OC(=O)N[C@H](Cc1ccccc1I)C(=O)O. The van der Waals surface area contributed by atoms with Crippen LogP contribution in [0, 0.1) is 3.57 Å². The van der Waals surface area contributed by atoms with Crippen LogP contribution in [0.15, 0.2) is 24.3 Å². The average Bonchev–Trinajstić information content (AvgIpc) is 2.28. The van der Waals surface area contributed by atoms with Gasteiger partial charge in [0.15, 0.2) is 0 Å². The number of carboxylic acid groups (broad SMARTS) is 1. The second kappa shape index (κ2) is 6.92. The fourth-order valence-electron chi connectivity index (χ4n) is 1.53. The van der Waals surface area contributed by atoms with Crippen molar-refractivity contribution in [1.29, 1.82) is 0 Å². The molecule has 0 radical (unpaired) electrons. The van der Waals surface area contributed by atoms with Crippen LogP contribution in [0.1, 0.15) is 26.3 Å². The van der Waals surface area contributed by atoms with Crippen molar-refractivity contribution < 1.29 is 19.4 Å². The van der Waals surface area contributed by atoms with E-state index in [1.165, 1.54) is 0 Å². The van der Waals surface area contributed by atoms with Crippen LogP contribution in [0.3, 0.4) is 0 Å². The van der Waals surface area contributed by atoms with E-state index in [2.05, 4.69) is 27.9 Å². The van der Waals surface area contributed by atoms with E-state index in [1.807, 2.05) is 24.3 Å². The van der Waals surface area contributed by atoms with Gasteiger partial charge in [0.2, 0.25) is 0 Å². The Bertz CT molecular complexity index is 496. The Balaban J connectivity index is 2.74. The van der Waals surface area contributed by atoms with Crippen LogP contribution in [-0.4, -0.2) is 28.8 Å². The van der Waals surface area contributed by atoms with Gasteiger partial charge in [-0.25, -0.2) is 9.59 Å². The second-order valence-electron chi connectivity index (χ2n) is 5.33. The molecule has 0 saturated heterocycles. The third-order valence-corrected chi connectivity index (χ3v) is 3.42. The van der Waals surface area contributed by atoms with Gasteiger partial charge >= 0.3 is 12.1 Å². The van der Waals surface area contributed by atoms with Crippen molar-refractivity contribution in [2.75, 3.05) is 0 Å². The first-order valence-electron chi connectivity index (χ1n) is 6.15. The number of hydrogen-bond donors (Lipinski definition) is 2. The van der Waals surface area contributed by atoms with Gasteiger partial charge in [-0.15, -0.1) is 0 Å². The zero-order chi connectivity index (χ0) is 15.3. The lowest BCUT2D eigenvalue weighted by Gasteiger charge is -2.22. The lowest BCUT2D eigenvalue weighted by molar-refractivity contribution is -0.139. The number of halogens is 1. The molecule has 0 bridgehead atoms. The third kappa shape index (κ3) is 5.77. The summed E-state index contributed by atoms with van der Waals surface area (Å²) in [6, 6.07) is 6.43. The highest BCUT2D eigenvalue weighted by Gasteiger charge is 2.24. The number of nitrogens with one attached hydrogen (secondary N) is 1. The zero-order valence-electron chi connectivity index (χ0n) is 11.6. The summed E-state index contributed by atoms with van der Waals surface area (Å²) in [5.74, 6) is -1.09. The van der Waals surface area contributed by atoms with E-state index in [9.17, 15) is 14.7 Å². The minimum absolute atomic E-state index is 0.216. The lowest BCUT2D eigenvalue weighted by atomic mass is 10.1. The summed E-state index contributed by atoms with van der Waals surface area (Å²) in [5, 5.41) is 11.6. The highest BCUT2D eigenvalue weighted by atomic mass is 127. The molecule has 0 spiro atoms. The van der Waals surface area contributed by atoms with Crippen molar-refractivity contribution in [3.63, 3.8) is 0 Å². The molecule has 20 heavy (non-hydrogen) atoms. The van der Waals surface area contributed by atoms with Gasteiger partial charge in [0.05, 0.1) is 0 Å². The topological polar surface area (TPSA) is 75.6 Å². The maximum Gasteiger partial charge on any atom is 0.408 e. The van der Waals surface area contributed by atoms with Gasteiger partial charge in [-0.2, -0.15) is 0 Å². The normalized spacial score (nSPS) is 12.6. The van der Waals surface area contributed by atoms with E-state index in [0.717, 1.165) is 9.13 Å². The van der Waals surface area contributed by atoms with Crippen LogP contribution >= 0.6 is 22.6 Å². The predicted octanol–water partition coefficient (Wildman–Crippen LogP) is 2.81. The number of ether oxygens (including phenoxy) is 1. The monoisotopic (exact) mass is 391 g/mol. The van der Waals surface area contributed by atoms with Gasteiger partial charge in [-0.1, -0.05) is 18.2 Å². The zero-order valence-corrected chi connectivity index (χ0v) is 13.8. The van der Waals surface area contributed by atoms with Crippen molar-refractivity contribution in [3.8, 4) is 0 Å². The largest absolute Gasteiger partial charge is 0.480 e. The second-order valence-corrected chi connectivity index (χ2v) is 6.49. The molecule has 5 nitrogen and oxygen atoms in total. The van der Waals surface area contributed by atoms with Crippen LogP contribution in [0.4, 0.5) is 4.79 Å². The Morgan fingerprint density at radius 1 is 1.35 bits per heavy atom. The molecule has 2 N–H and O–H groups in total. The molecule has 6 heteroatoms. The van der Waals surface area contributed by atoms with E-state index < -0.39 is 23.7 Å². The number of rotatable bonds is 4. The van der Waals surface area contributed by atoms with Crippen molar-refractivity contribution in [2.24, 2.45) is 0 Å². The maximum atomic E-state index is 11.7. The number of aliphatic carboxylic acids is 1. The molecule has 1 rings (SSSR count). The highest BCUT2D eigenvalue weighted by molar-refractivity contribution is 14.1. The first kappa shape index (κ1) is 16.7. The number of carbonyl (C=O) groups excluding carboxylic acids is 1. The van der Waals surface area contributed by atoms with E-state index in [4.69, 9.17) is 4.74 Å². The van der Waals surface area contributed by atoms with Crippen LogP contribution in [0.2, 0.25) is 0 Å². The number of hydrogen-bond acceptors (Lipinski definition) is 3. The summed E-state index contributed by atoms with van der Waals surface area (Å²) in [4.78, 5) is 22.9. The Hall–Kier alpha value is -1.31. The smallest absolute Gasteiger partial charge is 0.408 e. The molecule has 0 unspecified atom stereocenters. The van der Waals surface area contributed by atoms with Crippen LogP contribution in [0.5, 0.6) is 0 Å². The molecule has 0 saturated carbocycles. The first-order chi connectivity index (χ1) is 9.19. The Labute approximate surface area is 131 Å². The molecule has 0 aromatic heterocycles. The summed E-state index contributed by atoms with van der Waals surface area (Å²) < 4.78 is 6.03. The van der Waals surface area contributed by atoms with Gasteiger partial charge in [0.25, 0.3) is 0 Å². The van der Waals surface area contributed by atoms with Gasteiger partial charge in [-0.05, 0) is 55.0 Å². The third-order valence-electron chi connectivity index (χ3n) is 2.37. The van der Waals surface area contributed by atoms with Crippen LogP contribution < -0.4 is 5.32 Å². The summed E-state index contributed by atoms with van der Waals surface area (Å²) in [5.41, 5.74) is 0.213. The number of amides is 1. The van der Waals surface area contributed by atoms with Crippen molar-refractivity contribution in [2.45, 2.75) is 38.8 Å². The van der Waals surface area contributed by atoms with Crippen LogP contribution in [-0.2, 0) is 16.0 Å². The van der Waals surface area contributed by atoms with Gasteiger partial charge in [-0.3, -0.25) is 0 Å². The average molecular weight is 391 g/mol. The van der Waals surface area contributed by atoms with Crippen LogP contribution in [0.25, 0.3) is 0 Å². The first-order valence-corrected chi connectivity index (χ1v) is 7.22. The molecule has 0 aliphatic carbocycles. The molecule has 1 atom stereocenters. The number of carbonyl (C=O) groups is 2. The fourth-order valence-corrected chi connectivity index (χ4v) is 2.14. The Morgan fingerprint density at radius 2 is 1.95 bits per heavy atom. The molecule has 0 aliphatic rings. The molecule has 0 fully saturated rings. The summed E-state index contributed by atoms with van der Waals surface area (Å²) in [7, 11) is 0. The summed E-state index contributed by atoms with van der Waals surface area (Å²) in [6.45, 7) is 5.17. The molecule has 0 aliphatic heterocycles. The molecule has 1 aromatic carbocycles.